The zero-order valence-corrected chi connectivity index (χ0v) is 17.2. The van der Waals surface area contributed by atoms with Crippen LogP contribution >= 0.6 is 0 Å². The third-order valence-corrected chi connectivity index (χ3v) is 5.88. The quantitative estimate of drug-likeness (QED) is 0.714. The summed E-state index contributed by atoms with van der Waals surface area (Å²) in [5.74, 6) is 0.469. The predicted octanol–water partition coefficient (Wildman–Crippen LogP) is 2.48. The van der Waals surface area contributed by atoms with E-state index in [9.17, 15) is 4.79 Å². The van der Waals surface area contributed by atoms with Gasteiger partial charge >= 0.3 is 0 Å². The number of anilines is 1. The first-order chi connectivity index (χ1) is 13.9. The molecule has 0 radical (unpaired) electrons. The number of carbonyl (C=O) groups excluding carboxylic acids is 1. The maximum Gasteiger partial charge on any atom is 0.225 e. The lowest BCUT2D eigenvalue weighted by atomic mass is 9.80. The molecule has 3 aromatic rings. The highest BCUT2D eigenvalue weighted by atomic mass is 16.1. The van der Waals surface area contributed by atoms with Crippen molar-refractivity contribution in [3.63, 3.8) is 0 Å². The molecule has 152 valence electrons. The molecule has 0 atom stereocenters. The number of rotatable bonds is 5. The molecule has 29 heavy (non-hydrogen) atoms. The number of nitrogens with zero attached hydrogens (tertiary/aromatic N) is 6. The molecule has 1 saturated heterocycles. The highest BCUT2D eigenvalue weighted by Crippen LogP contribution is 2.31. The average molecular weight is 393 g/mol. The van der Waals surface area contributed by atoms with Crippen LogP contribution in [0.4, 0.5) is 5.95 Å². The Morgan fingerprint density at radius 3 is 2.66 bits per heavy atom. The standard InChI is InChI=1S/C21H27N7O/c1-14(2)28-13-25-17-12-24-16(11-18(17)28)10-15-4-7-23-20(26-15)27-8-5-21(3,6-9-27)19(22)29/h4,7,11-14H,5-6,8-10H2,1-3H3,(H2,22,29). The van der Waals surface area contributed by atoms with E-state index in [2.05, 4.69) is 44.3 Å². The lowest BCUT2D eigenvalue weighted by Gasteiger charge is -2.37. The fraction of sp³-hybridized carbons (Fsp3) is 0.476. The lowest BCUT2D eigenvalue weighted by molar-refractivity contribution is -0.127. The molecule has 0 unspecified atom stereocenters. The van der Waals surface area contributed by atoms with Crippen molar-refractivity contribution in [1.82, 2.24) is 24.5 Å². The van der Waals surface area contributed by atoms with Crippen LogP contribution < -0.4 is 10.6 Å². The van der Waals surface area contributed by atoms with Gasteiger partial charge in [0.15, 0.2) is 0 Å². The van der Waals surface area contributed by atoms with Gasteiger partial charge in [0.2, 0.25) is 11.9 Å². The number of amides is 1. The normalized spacial score (nSPS) is 16.5. The van der Waals surface area contributed by atoms with Crippen molar-refractivity contribution in [3.05, 3.63) is 42.2 Å². The lowest BCUT2D eigenvalue weighted by Crippen LogP contribution is -2.46. The fourth-order valence-electron chi connectivity index (χ4n) is 3.75. The Balaban J connectivity index is 1.52. The number of hydrogen-bond donors (Lipinski definition) is 1. The van der Waals surface area contributed by atoms with E-state index in [1.54, 1.807) is 6.20 Å². The maximum atomic E-state index is 11.7. The van der Waals surface area contributed by atoms with Crippen LogP contribution in [0.3, 0.4) is 0 Å². The number of carbonyl (C=O) groups is 1. The summed E-state index contributed by atoms with van der Waals surface area (Å²) in [6.45, 7) is 7.66. The Bertz CT molecular complexity index is 1030. The largest absolute Gasteiger partial charge is 0.369 e. The topological polar surface area (TPSA) is 103 Å². The monoisotopic (exact) mass is 393 g/mol. The summed E-state index contributed by atoms with van der Waals surface area (Å²) in [6.07, 6.45) is 7.53. The second-order valence-corrected chi connectivity index (χ2v) is 8.35. The van der Waals surface area contributed by atoms with Gasteiger partial charge in [0.1, 0.15) is 5.52 Å². The van der Waals surface area contributed by atoms with Crippen molar-refractivity contribution in [2.75, 3.05) is 18.0 Å². The Hall–Kier alpha value is -3.03. The van der Waals surface area contributed by atoms with Crippen molar-refractivity contribution in [2.45, 2.75) is 46.1 Å². The minimum absolute atomic E-state index is 0.228. The number of piperidine rings is 1. The molecule has 0 saturated carbocycles. The second-order valence-electron chi connectivity index (χ2n) is 8.35. The van der Waals surface area contributed by atoms with E-state index >= 15 is 0 Å². The van der Waals surface area contributed by atoms with Crippen LogP contribution in [0.1, 0.15) is 51.0 Å². The minimum Gasteiger partial charge on any atom is -0.369 e. The van der Waals surface area contributed by atoms with Gasteiger partial charge in [-0.1, -0.05) is 6.92 Å². The van der Waals surface area contributed by atoms with Crippen LogP contribution in [-0.4, -0.2) is 43.5 Å². The second kappa shape index (κ2) is 7.42. The third kappa shape index (κ3) is 3.79. The Morgan fingerprint density at radius 1 is 1.21 bits per heavy atom. The van der Waals surface area contributed by atoms with Crippen molar-refractivity contribution in [2.24, 2.45) is 11.1 Å². The van der Waals surface area contributed by atoms with E-state index in [0.29, 0.717) is 31.3 Å². The number of hydrogen-bond acceptors (Lipinski definition) is 6. The molecule has 3 aromatic heterocycles. The van der Waals surface area contributed by atoms with Gasteiger partial charge < -0.3 is 15.2 Å². The summed E-state index contributed by atoms with van der Waals surface area (Å²) in [5, 5.41) is 0. The highest BCUT2D eigenvalue weighted by Gasteiger charge is 2.35. The van der Waals surface area contributed by atoms with Gasteiger partial charge in [-0.25, -0.2) is 15.0 Å². The number of imidazole rings is 1. The molecule has 0 aromatic carbocycles. The number of nitrogens with two attached hydrogens (primary N) is 1. The van der Waals surface area contributed by atoms with E-state index in [1.165, 1.54) is 0 Å². The van der Waals surface area contributed by atoms with Gasteiger partial charge in [0.25, 0.3) is 0 Å². The van der Waals surface area contributed by atoms with Gasteiger partial charge in [0, 0.05) is 42.9 Å². The maximum absolute atomic E-state index is 11.7. The summed E-state index contributed by atoms with van der Waals surface area (Å²) < 4.78 is 2.15. The Labute approximate surface area is 170 Å². The van der Waals surface area contributed by atoms with Gasteiger partial charge in [-0.05, 0) is 38.8 Å². The molecule has 8 nitrogen and oxygen atoms in total. The van der Waals surface area contributed by atoms with Gasteiger partial charge in [-0.3, -0.25) is 9.78 Å². The zero-order valence-electron chi connectivity index (χ0n) is 17.2. The summed E-state index contributed by atoms with van der Waals surface area (Å²) in [5.41, 5.74) is 8.97. The number of pyridine rings is 1. The molecule has 4 rings (SSSR count). The number of aromatic nitrogens is 5. The summed E-state index contributed by atoms with van der Waals surface area (Å²) in [4.78, 5) is 32.0. The zero-order chi connectivity index (χ0) is 20.6. The smallest absolute Gasteiger partial charge is 0.225 e. The number of primary amides is 1. The molecule has 1 amide bonds. The van der Waals surface area contributed by atoms with Crippen LogP contribution in [0.2, 0.25) is 0 Å². The van der Waals surface area contributed by atoms with Crippen LogP contribution in [0, 0.1) is 5.41 Å². The van der Waals surface area contributed by atoms with Crippen molar-refractivity contribution in [1.29, 1.82) is 0 Å². The molecular formula is C21H27N7O. The predicted molar refractivity (Wildman–Crippen MR) is 111 cm³/mol. The minimum atomic E-state index is -0.438. The molecule has 1 fully saturated rings. The highest BCUT2D eigenvalue weighted by molar-refractivity contribution is 5.80. The molecule has 0 bridgehead atoms. The fourth-order valence-corrected chi connectivity index (χ4v) is 3.75. The molecule has 4 heterocycles. The van der Waals surface area contributed by atoms with Crippen LogP contribution in [-0.2, 0) is 11.2 Å². The van der Waals surface area contributed by atoms with E-state index < -0.39 is 5.41 Å². The first kappa shape index (κ1) is 19.3. The van der Waals surface area contributed by atoms with Crippen LogP contribution in [0.25, 0.3) is 11.0 Å². The number of fused-ring (bicyclic) bond motifs is 1. The molecular weight excluding hydrogens is 366 g/mol. The third-order valence-electron chi connectivity index (χ3n) is 5.88. The van der Waals surface area contributed by atoms with Gasteiger partial charge in [0.05, 0.1) is 23.7 Å². The summed E-state index contributed by atoms with van der Waals surface area (Å²) in [6, 6.07) is 4.35. The first-order valence-electron chi connectivity index (χ1n) is 10.0. The van der Waals surface area contributed by atoms with E-state index in [1.807, 2.05) is 25.5 Å². The molecule has 0 aliphatic carbocycles. The molecule has 1 aliphatic rings. The Morgan fingerprint density at radius 2 is 1.97 bits per heavy atom. The molecule has 1 aliphatic heterocycles. The van der Waals surface area contributed by atoms with Crippen LogP contribution in [0.5, 0.6) is 0 Å². The molecule has 8 heteroatoms. The summed E-state index contributed by atoms with van der Waals surface area (Å²) >= 11 is 0. The van der Waals surface area contributed by atoms with Crippen molar-refractivity contribution >= 4 is 22.9 Å². The van der Waals surface area contributed by atoms with Crippen molar-refractivity contribution < 1.29 is 4.79 Å². The average Bonchev–Trinajstić information content (AvgIpc) is 3.12. The van der Waals surface area contributed by atoms with E-state index in [4.69, 9.17) is 10.7 Å². The molecule has 2 N–H and O–H groups in total. The van der Waals surface area contributed by atoms with Gasteiger partial charge in [-0.2, -0.15) is 0 Å². The molecule has 0 spiro atoms. The van der Waals surface area contributed by atoms with Crippen molar-refractivity contribution in [3.8, 4) is 0 Å². The first-order valence-corrected chi connectivity index (χ1v) is 10.0. The Kier molecular flexibility index (Phi) is 4.94. The van der Waals surface area contributed by atoms with E-state index in [0.717, 1.165) is 35.5 Å². The van der Waals surface area contributed by atoms with Crippen LogP contribution in [0.15, 0.2) is 30.9 Å². The SMILES string of the molecule is CC(C)n1cnc2cnc(Cc3ccnc(N4CCC(C)(C(N)=O)CC4)n3)cc21. The summed E-state index contributed by atoms with van der Waals surface area (Å²) in [7, 11) is 0. The van der Waals surface area contributed by atoms with E-state index in [-0.39, 0.29) is 5.91 Å². The van der Waals surface area contributed by atoms with Gasteiger partial charge in [-0.15, -0.1) is 0 Å².